The molecule has 7 nitrogen and oxygen atoms in total. The molecule has 7 heteroatoms. The predicted octanol–water partition coefficient (Wildman–Crippen LogP) is 0.880. The number of hydrogen-bond donors (Lipinski definition) is 2. The highest BCUT2D eigenvalue weighted by atomic mass is 16.4. The van der Waals surface area contributed by atoms with Gasteiger partial charge in [-0.1, -0.05) is 13.8 Å². The molecule has 0 radical (unpaired) electrons. The van der Waals surface area contributed by atoms with Gasteiger partial charge in [0.2, 0.25) is 5.89 Å². The molecule has 0 bridgehead atoms. The summed E-state index contributed by atoms with van der Waals surface area (Å²) in [5.74, 6) is 0.833. The molecule has 2 aromatic rings. The molecule has 0 amide bonds. The molecule has 0 saturated carbocycles. The average molecular weight is 249 g/mol. The van der Waals surface area contributed by atoms with Crippen molar-refractivity contribution in [2.24, 2.45) is 0 Å². The number of hydrogen-bond acceptors (Lipinski definition) is 6. The van der Waals surface area contributed by atoms with E-state index >= 15 is 0 Å². The second-order valence-electron chi connectivity index (χ2n) is 3.77. The number of nitrogens with one attached hydrogen (secondary N) is 2. The summed E-state index contributed by atoms with van der Waals surface area (Å²) in [6, 6.07) is 2.96. The number of rotatable bonds is 5. The van der Waals surface area contributed by atoms with Crippen LogP contribution in [0.15, 0.2) is 21.3 Å². The van der Waals surface area contributed by atoms with Gasteiger partial charge in [0.25, 0.3) is 11.4 Å². The van der Waals surface area contributed by atoms with Gasteiger partial charge in [0, 0.05) is 6.07 Å². The van der Waals surface area contributed by atoms with Crippen molar-refractivity contribution in [3.05, 3.63) is 28.4 Å². The predicted molar refractivity (Wildman–Crippen MR) is 64.9 cm³/mol. The first kappa shape index (κ1) is 12.4. The van der Waals surface area contributed by atoms with Gasteiger partial charge < -0.3 is 9.73 Å². The lowest BCUT2D eigenvalue weighted by Gasteiger charge is -2.09. The minimum atomic E-state index is -0.266. The van der Waals surface area contributed by atoms with E-state index in [1.165, 1.54) is 6.07 Å². The molecular formula is C11H15N5O2. The second kappa shape index (κ2) is 5.54. The minimum absolute atomic E-state index is 0.0408. The van der Waals surface area contributed by atoms with E-state index in [4.69, 9.17) is 4.42 Å². The van der Waals surface area contributed by atoms with Crippen molar-refractivity contribution >= 4 is 0 Å². The SMILES string of the molecule is CCNC(CC)c1nnc(-c2ccc(=O)[nH]n2)o1. The quantitative estimate of drug-likeness (QED) is 0.816. The highest BCUT2D eigenvalue weighted by molar-refractivity contribution is 5.43. The van der Waals surface area contributed by atoms with Crippen LogP contribution in [0.3, 0.4) is 0 Å². The Labute approximate surface area is 104 Å². The fourth-order valence-electron chi connectivity index (χ4n) is 1.60. The van der Waals surface area contributed by atoms with Crippen LogP contribution in [-0.2, 0) is 0 Å². The van der Waals surface area contributed by atoms with Crippen LogP contribution in [0.2, 0.25) is 0 Å². The van der Waals surface area contributed by atoms with Crippen molar-refractivity contribution in [2.45, 2.75) is 26.3 Å². The maximum Gasteiger partial charge on any atom is 0.268 e. The van der Waals surface area contributed by atoms with Gasteiger partial charge in [-0.25, -0.2) is 5.10 Å². The highest BCUT2D eigenvalue weighted by Gasteiger charge is 2.17. The zero-order valence-corrected chi connectivity index (χ0v) is 10.3. The third-order valence-electron chi connectivity index (χ3n) is 2.50. The summed E-state index contributed by atoms with van der Waals surface area (Å²) in [4.78, 5) is 10.9. The van der Waals surface area contributed by atoms with Crippen LogP contribution in [0, 0.1) is 0 Å². The van der Waals surface area contributed by atoms with E-state index in [0.717, 1.165) is 13.0 Å². The molecule has 1 atom stereocenters. The first-order valence-corrected chi connectivity index (χ1v) is 5.87. The third kappa shape index (κ3) is 2.62. The summed E-state index contributed by atoms with van der Waals surface area (Å²) in [7, 11) is 0. The Balaban J connectivity index is 2.24. The van der Waals surface area contributed by atoms with Crippen LogP contribution in [0.4, 0.5) is 0 Å². The lowest BCUT2D eigenvalue weighted by atomic mass is 10.2. The molecule has 18 heavy (non-hydrogen) atoms. The van der Waals surface area contributed by atoms with Crippen LogP contribution < -0.4 is 10.9 Å². The van der Waals surface area contributed by atoms with Crippen LogP contribution >= 0.6 is 0 Å². The Kier molecular flexibility index (Phi) is 3.83. The smallest absolute Gasteiger partial charge is 0.268 e. The molecule has 0 aromatic carbocycles. The Bertz CT molecular complexity index is 542. The Morgan fingerprint density at radius 2 is 2.22 bits per heavy atom. The molecule has 0 aliphatic rings. The number of nitrogens with zero attached hydrogens (tertiary/aromatic N) is 3. The summed E-state index contributed by atoms with van der Waals surface area (Å²) < 4.78 is 5.55. The number of H-pyrrole nitrogens is 1. The average Bonchev–Trinajstić information content (AvgIpc) is 2.86. The summed E-state index contributed by atoms with van der Waals surface area (Å²) in [6.07, 6.45) is 0.856. The first-order valence-electron chi connectivity index (χ1n) is 5.87. The van der Waals surface area contributed by atoms with E-state index in [0.29, 0.717) is 17.5 Å². The maximum atomic E-state index is 10.9. The van der Waals surface area contributed by atoms with Crippen LogP contribution in [-0.4, -0.2) is 26.9 Å². The van der Waals surface area contributed by atoms with Crippen molar-refractivity contribution in [1.82, 2.24) is 25.7 Å². The first-order chi connectivity index (χ1) is 8.74. The largest absolute Gasteiger partial charge is 0.417 e. The Hall–Kier alpha value is -2.02. The molecule has 2 N–H and O–H groups in total. The molecule has 0 saturated heterocycles. The molecule has 0 aliphatic heterocycles. The van der Waals surface area contributed by atoms with Crippen molar-refractivity contribution in [3.8, 4) is 11.6 Å². The van der Waals surface area contributed by atoms with E-state index in [9.17, 15) is 4.79 Å². The molecule has 2 heterocycles. The fourth-order valence-corrected chi connectivity index (χ4v) is 1.60. The number of aromatic amines is 1. The number of aromatic nitrogens is 4. The summed E-state index contributed by atoms with van der Waals surface area (Å²) in [5, 5.41) is 17.3. The maximum absolute atomic E-state index is 10.9. The van der Waals surface area contributed by atoms with Crippen molar-refractivity contribution in [2.75, 3.05) is 6.54 Å². The molecule has 1 unspecified atom stereocenters. The second-order valence-corrected chi connectivity index (χ2v) is 3.77. The van der Waals surface area contributed by atoms with Crippen LogP contribution in [0.5, 0.6) is 0 Å². The summed E-state index contributed by atoms with van der Waals surface area (Å²) >= 11 is 0. The van der Waals surface area contributed by atoms with Gasteiger partial charge in [0.05, 0.1) is 6.04 Å². The van der Waals surface area contributed by atoms with E-state index in [-0.39, 0.29) is 11.6 Å². The zero-order valence-electron chi connectivity index (χ0n) is 10.3. The van der Waals surface area contributed by atoms with Crippen molar-refractivity contribution < 1.29 is 4.42 Å². The van der Waals surface area contributed by atoms with E-state index in [2.05, 4.69) is 25.7 Å². The summed E-state index contributed by atoms with van der Waals surface area (Å²) in [6.45, 7) is 4.88. The topological polar surface area (TPSA) is 96.7 Å². The van der Waals surface area contributed by atoms with Crippen molar-refractivity contribution in [3.63, 3.8) is 0 Å². The van der Waals surface area contributed by atoms with Gasteiger partial charge in [0.1, 0.15) is 5.69 Å². The standard InChI is InChI=1S/C11H15N5O2/c1-3-7(12-4-2)10-15-16-11(18-10)8-5-6-9(17)14-13-8/h5-7,12H,3-4H2,1-2H3,(H,14,17). The Morgan fingerprint density at radius 1 is 1.39 bits per heavy atom. The normalized spacial score (nSPS) is 12.6. The van der Waals surface area contributed by atoms with Crippen molar-refractivity contribution in [1.29, 1.82) is 0 Å². The molecule has 2 rings (SSSR count). The Morgan fingerprint density at radius 3 is 2.83 bits per heavy atom. The monoisotopic (exact) mass is 249 g/mol. The van der Waals surface area contributed by atoms with E-state index in [1.54, 1.807) is 6.07 Å². The minimum Gasteiger partial charge on any atom is -0.417 e. The lowest BCUT2D eigenvalue weighted by Crippen LogP contribution is -2.20. The molecule has 0 fully saturated rings. The van der Waals surface area contributed by atoms with Gasteiger partial charge in [0.15, 0.2) is 0 Å². The van der Waals surface area contributed by atoms with Crippen LogP contribution in [0.1, 0.15) is 32.2 Å². The summed E-state index contributed by atoms with van der Waals surface area (Å²) in [5.41, 5.74) is 0.192. The van der Waals surface area contributed by atoms with Gasteiger partial charge in [-0.15, -0.1) is 10.2 Å². The molecule has 2 aromatic heterocycles. The van der Waals surface area contributed by atoms with Gasteiger partial charge >= 0.3 is 0 Å². The van der Waals surface area contributed by atoms with E-state index in [1.807, 2.05) is 13.8 Å². The molecule has 0 aliphatic carbocycles. The lowest BCUT2D eigenvalue weighted by molar-refractivity contribution is 0.401. The van der Waals surface area contributed by atoms with E-state index < -0.39 is 0 Å². The fraction of sp³-hybridized carbons (Fsp3) is 0.455. The zero-order chi connectivity index (χ0) is 13.0. The molecule has 96 valence electrons. The molecule has 0 spiro atoms. The highest BCUT2D eigenvalue weighted by Crippen LogP contribution is 2.19. The molecular weight excluding hydrogens is 234 g/mol. The third-order valence-corrected chi connectivity index (χ3v) is 2.50. The van der Waals surface area contributed by atoms with Gasteiger partial charge in [-0.05, 0) is 19.0 Å². The van der Waals surface area contributed by atoms with Gasteiger partial charge in [-0.2, -0.15) is 5.10 Å². The van der Waals surface area contributed by atoms with Crippen LogP contribution in [0.25, 0.3) is 11.6 Å². The van der Waals surface area contributed by atoms with Gasteiger partial charge in [-0.3, -0.25) is 4.79 Å².